The molecule has 0 spiro atoms. The molecule has 0 radical (unpaired) electrons. The molecule has 5 heteroatoms. The van der Waals surface area contributed by atoms with Crippen molar-refractivity contribution in [2.45, 2.75) is 32.1 Å². The van der Waals surface area contributed by atoms with Crippen LogP contribution in [0.5, 0.6) is 0 Å². The van der Waals surface area contributed by atoms with Crippen molar-refractivity contribution < 1.29 is 8.68 Å². The number of rotatable bonds is 3. The number of hydrogen-bond acceptors (Lipinski definition) is 2. The van der Waals surface area contributed by atoms with E-state index < -0.39 is 10.9 Å². The zero-order valence-electron chi connectivity index (χ0n) is 12.7. The van der Waals surface area contributed by atoms with Gasteiger partial charge in [0.25, 0.3) is 0 Å². The summed E-state index contributed by atoms with van der Waals surface area (Å²) in [6.07, 6.45) is 6.60. The van der Waals surface area contributed by atoms with Crippen LogP contribution in [-0.4, -0.2) is 60.6 Å². The molecule has 0 aromatic carbocycles. The first-order chi connectivity index (χ1) is 9.56. The van der Waals surface area contributed by atoms with Gasteiger partial charge in [0.2, 0.25) is 5.91 Å². The maximum Gasteiger partial charge on any atom is 0.225 e. The Bertz CT molecular complexity index is 363. The Kier molecular flexibility index (Phi) is 6.02. The highest BCUT2D eigenvalue weighted by Gasteiger charge is 2.30. The van der Waals surface area contributed by atoms with Crippen LogP contribution in [0.3, 0.4) is 0 Å². The molecule has 3 nitrogen and oxygen atoms in total. The molecule has 0 aliphatic carbocycles. The van der Waals surface area contributed by atoms with Crippen molar-refractivity contribution in [3.8, 4) is 0 Å². The number of carbonyl (C=O) groups excluding carboxylic acids is 1. The van der Waals surface area contributed by atoms with Crippen LogP contribution in [0.2, 0.25) is 0 Å². The van der Waals surface area contributed by atoms with Crippen LogP contribution in [-0.2, 0) is 4.79 Å². The summed E-state index contributed by atoms with van der Waals surface area (Å²) >= 11 is 0. The molecule has 2 unspecified atom stereocenters. The number of piperidine rings is 2. The summed E-state index contributed by atoms with van der Waals surface area (Å²) in [6, 6.07) is 0. The molecule has 0 N–H and O–H groups in total. The van der Waals surface area contributed by atoms with Gasteiger partial charge in [0.15, 0.2) is 0 Å². The number of hydrogen-bond donors (Lipinski definition) is 0. The van der Waals surface area contributed by atoms with E-state index in [1.54, 1.807) is 11.6 Å². The molecule has 0 aromatic heterocycles. The van der Waals surface area contributed by atoms with Crippen LogP contribution < -0.4 is 0 Å². The summed E-state index contributed by atoms with van der Waals surface area (Å²) in [4.78, 5) is 16.9. The van der Waals surface area contributed by atoms with Gasteiger partial charge in [0.05, 0.1) is 0 Å². The lowest BCUT2D eigenvalue weighted by atomic mass is 9.91. The first kappa shape index (κ1) is 16.0. The van der Waals surface area contributed by atoms with E-state index in [9.17, 15) is 8.68 Å². The van der Waals surface area contributed by atoms with E-state index in [-0.39, 0.29) is 5.92 Å². The van der Waals surface area contributed by atoms with Crippen molar-refractivity contribution in [3.63, 3.8) is 0 Å². The van der Waals surface area contributed by atoms with Gasteiger partial charge >= 0.3 is 0 Å². The molecule has 2 fully saturated rings. The lowest BCUT2D eigenvalue weighted by Gasteiger charge is -2.37. The molecule has 1 amide bonds. The topological polar surface area (TPSA) is 23.6 Å². The fraction of sp³-hybridized carbons (Fsp3) is 0.867. The first-order valence-corrected chi connectivity index (χ1v) is 9.27. The summed E-state index contributed by atoms with van der Waals surface area (Å²) in [5, 5.41) is 1.77. The van der Waals surface area contributed by atoms with E-state index in [4.69, 9.17) is 0 Å². The summed E-state index contributed by atoms with van der Waals surface area (Å²) in [5.41, 5.74) is 0. The SMILES string of the molecule is CN1CCC(C(=O)N2CCCC(C/C=S(\C)F)C2)CC1. The largest absolute Gasteiger partial charge is 0.342 e. The highest BCUT2D eigenvalue weighted by Crippen LogP contribution is 2.25. The van der Waals surface area contributed by atoms with Gasteiger partial charge in [-0.2, -0.15) is 3.89 Å². The number of amides is 1. The Morgan fingerprint density at radius 3 is 2.65 bits per heavy atom. The van der Waals surface area contributed by atoms with Crippen LogP contribution >= 0.6 is 10.9 Å². The van der Waals surface area contributed by atoms with Gasteiger partial charge in [-0.05, 0) is 74.4 Å². The average Bonchev–Trinajstić information content (AvgIpc) is 2.45. The quantitative estimate of drug-likeness (QED) is 0.748. The number of likely N-dealkylation sites (tertiary alicyclic amines) is 2. The Hall–Kier alpha value is -0.420. The van der Waals surface area contributed by atoms with Crippen LogP contribution in [0.1, 0.15) is 32.1 Å². The molecule has 0 bridgehead atoms. The molecule has 116 valence electrons. The third kappa shape index (κ3) is 4.55. The Balaban J connectivity index is 1.85. The third-order valence-electron chi connectivity index (χ3n) is 4.56. The molecule has 20 heavy (non-hydrogen) atoms. The van der Waals surface area contributed by atoms with E-state index in [0.29, 0.717) is 11.8 Å². The molecular formula is C15H27FN2OS. The predicted octanol–water partition coefficient (Wildman–Crippen LogP) is 2.54. The third-order valence-corrected chi connectivity index (χ3v) is 5.21. The van der Waals surface area contributed by atoms with Gasteiger partial charge in [-0.3, -0.25) is 4.79 Å². The van der Waals surface area contributed by atoms with Gasteiger partial charge in [-0.25, -0.2) is 0 Å². The fourth-order valence-electron chi connectivity index (χ4n) is 3.24. The van der Waals surface area contributed by atoms with E-state index in [2.05, 4.69) is 11.9 Å². The fourth-order valence-corrected chi connectivity index (χ4v) is 3.78. The molecule has 2 heterocycles. The molecule has 2 saturated heterocycles. The van der Waals surface area contributed by atoms with E-state index in [1.807, 2.05) is 4.90 Å². The second-order valence-electron chi connectivity index (χ2n) is 6.25. The van der Waals surface area contributed by atoms with Gasteiger partial charge in [-0.15, -0.1) is 0 Å². The first-order valence-electron chi connectivity index (χ1n) is 7.68. The second-order valence-corrected chi connectivity index (χ2v) is 7.54. The van der Waals surface area contributed by atoms with E-state index in [1.165, 1.54) is 0 Å². The molecule has 2 aliphatic rings. The maximum absolute atomic E-state index is 12.9. The normalized spacial score (nSPS) is 27.8. The minimum Gasteiger partial charge on any atom is -0.342 e. The number of nitrogens with zero attached hydrogens (tertiary/aromatic N) is 2. The minimum absolute atomic E-state index is 0.218. The molecular weight excluding hydrogens is 275 g/mol. The van der Waals surface area contributed by atoms with Gasteiger partial charge in [-0.1, -0.05) is 0 Å². The molecule has 2 atom stereocenters. The van der Waals surface area contributed by atoms with Gasteiger partial charge < -0.3 is 9.80 Å². The van der Waals surface area contributed by atoms with Gasteiger partial charge in [0, 0.05) is 25.3 Å². The predicted molar refractivity (Wildman–Crippen MR) is 84.8 cm³/mol. The Morgan fingerprint density at radius 1 is 1.30 bits per heavy atom. The lowest BCUT2D eigenvalue weighted by molar-refractivity contribution is -0.138. The zero-order valence-corrected chi connectivity index (χ0v) is 13.5. The smallest absolute Gasteiger partial charge is 0.225 e. The summed E-state index contributed by atoms with van der Waals surface area (Å²) in [7, 11) is 1.04. The Morgan fingerprint density at radius 2 is 2.00 bits per heavy atom. The minimum atomic E-state index is -1.08. The van der Waals surface area contributed by atoms with Crippen molar-refractivity contribution in [1.82, 2.24) is 9.80 Å². The standard InChI is InChI=1S/C15H27FN2OS/c1-17-9-5-14(6-10-17)15(19)18-8-3-4-13(12-18)7-11-20(2)16/h11,13-14H,3-10,12H2,1-2H3. The molecule has 2 aliphatic heterocycles. The average molecular weight is 302 g/mol. The maximum atomic E-state index is 12.9. The van der Waals surface area contributed by atoms with E-state index >= 15 is 0 Å². The van der Waals surface area contributed by atoms with Crippen molar-refractivity contribution in [2.24, 2.45) is 11.8 Å². The molecule has 2 rings (SSSR count). The van der Waals surface area contributed by atoms with Crippen molar-refractivity contribution in [3.05, 3.63) is 0 Å². The van der Waals surface area contributed by atoms with E-state index in [0.717, 1.165) is 58.3 Å². The highest BCUT2D eigenvalue weighted by atomic mass is 32.2. The molecule has 0 saturated carbocycles. The van der Waals surface area contributed by atoms with Crippen LogP contribution in [0.25, 0.3) is 0 Å². The summed E-state index contributed by atoms with van der Waals surface area (Å²) in [5.74, 6) is 1.03. The van der Waals surface area contributed by atoms with Crippen LogP contribution in [0.4, 0.5) is 3.89 Å². The Labute approximate surface area is 124 Å². The van der Waals surface area contributed by atoms with Crippen molar-refractivity contribution in [1.29, 1.82) is 0 Å². The molecule has 0 aromatic rings. The van der Waals surface area contributed by atoms with Crippen LogP contribution in [0, 0.1) is 11.8 Å². The van der Waals surface area contributed by atoms with Crippen LogP contribution in [0.15, 0.2) is 0 Å². The second kappa shape index (κ2) is 7.55. The summed E-state index contributed by atoms with van der Waals surface area (Å²) < 4.78 is 12.9. The monoisotopic (exact) mass is 302 g/mol. The zero-order chi connectivity index (χ0) is 14.5. The number of halogens is 1. The van der Waals surface area contributed by atoms with Gasteiger partial charge in [0.1, 0.15) is 0 Å². The van der Waals surface area contributed by atoms with Crippen molar-refractivity contribution >= 4 is 22.1 Å². The highest BCUT2D eigenvalue weighted by molar-refractivity contribution is 8.09. The van der Waals surface area contributed by atoms with Crippen molar-refractivity contribution in [2.75, 3.05) is 39.5 Å². The summed E-state index contributed by atoms with van der Waals surface area (Å²) in [6.45, 7) is 3.79. The number of carbonyl (C=O) groups is 1. The lowest BCUT2D eigenvalue weighted by Crippen LogP contribution is -2.45.